The number of benzene rings is 1. The van der Waals surface area contributed by atoms with Crippen molar-refractivity contribution in [3.8, 4) is 0 Å². The van der Waals surface area contributed by atoms with Gasteiger partial charge in [-0.2, -0.15) is 0 Å². The van der Waals surface area contributed by atoms with Gasteiger partial charge in [0.05, 0.1) is 5.71 Å². The summed E-state index contributed by atoms with van der Waals surface area (Å²) in [6.07, 6.45) is 10.3. The van der Waals surface area contributed by atoms with E-state index >= 15 is 0 Å². The Morgan fingerprint density at radius 3 is 2.71 bits per heavy atom. The molecule has 1 atom stereocenters. The number of aliphatic imine (C=N–C) groups is 1. The molecule has 1 nitrogen and oxygen atoms in total. The topological polar surface area (TPSA) is 12.4 Å². The molecule has 17 heavy (non-hydrogen) atoms. The lowest BCUT2D eigenvalue weighted by Gasteiger charge is -2.05. The van der Waals surface area contributed by atoms with Gasteiger partial charge in [0.15, 0.2) is 0 Å². The molecule has 0 saturated heterocycles. The molecular formula is C14H10ClNS. The predicted molar refractivity (Wildman–Crippen MR) is 75.6 cm³/mol. The Labute approximate surface area is 110 Å². The molecule has 0 bridgehead atoms. The molecule has 3 rings (SSSR count). The summed E-state index contributed by atoms with van der Waals surface area (Å²) in [5.41, 5.74) is 2.26. The van der Waals surface area contributed by atoms with Crippen molar-refractivity contribution in [2.75, 3.05) is 0 Å². The maximum Gasteiger partial charge on any atom is 0.126 e. The van der Waals surface area contributed by atoms with Crippen LogP contribution in [0.5, 0.6) is 0 Å². The number of hydrogen-bond donors (Lipinski definition) is 0. The highest BCUT2D eigenvalue weighted by atomic mass is 35.5. The fourth-order valence-electron chi connectivity index (χ4n) is 1.77. The van der Waals surface area contributed by atoms with Gasteiger partial charge in [0, 0.05) is 9.93 Å². The van der Waals surface area contributed by atoms with Crippen molar-refractivity contribution in [1.29, 1.82) is 0 Å². The Morgan fingerprint density at radius 1 is 1.06 bits per heavy atom. The van der Waals surface area contributed by atoms with Crippen molar-refractivity contribution in [2.24, 2.45) is 4.99 Å². The highest BCUT2D eigenvalue weighted by Gasteiger charge is 2.23. The summed E-state index contributed by atoms with van der Waals surface area (Å²) in [5, 5.41) is 0.922. The van der Waals surface area contributed by atoms with Crippen LogP contribution in [0, 0.1) is 0 Å². The first-order valence-corrected chi connectivity index (χ1v) is 6.64. The zero-order valence-corrected chi connectivity index (χ0v) is 10.6. The van der Waals surface area contributed by atoms with Gasteiger partial charge in [-0.3, -0.25) is 4.99 Å². The van der Waals surface area contributed by atoms with Gasteiger partial charge in [-0.15, -0.1) is 0 Å². The van der Waals surface area contributed by atoms with Gasteiger partial charge in [-0.25, -0.2) is 0 Å². The third-order valence-corrected chi connectivity index (χ3v) is 4.08. The third-order valence-electron chi connectivity index (χ3n) is 2.63. The zero-order chi connectivity index (χ0) is 11.7. The van der Waals surface area contributed by atoms with Gasteiger partial charge in [0.1, 0.15) is 5.37 Å². The Morgan fingerprint density at radius 2 is 1.88 bits per heavy atom. The Balaban J connectivity index is 1.92. The summed E-state index contributed by atoms with van der Waals surface area (Å²) in [7, 11) is 0. The van der Waals surface area contributed by atoms with Crippen LogP contribution in [0.25, 0.3) is 0 Å². The van der Waals surface area contributed by atoms with Crippen molar-refractivity contribution in [3.63, 3.8) is 0 Å². The van der Waals surface area contributed by atoms with Gasteiger partial charge in [0.2, 0.25) is 0 Å². The van der Waals surface area contributed by atoms with E-state index < -0.39 is 0 Å². The molecular weight excluding hydrogens is 250 g/mol. The summed E-state index contributed by atoms with van der Waals surface area (Å²) in [6.45, 7) is 0. The van der Waals surface area contributed by atoms with Gasteiger partial charge < -0.3 is 0 Å². The lowest BCUT2D eigenvalue weighted by molar-refractivity contribution is 1.05. The molecule has 1 aromatic rings. The summed E-state index contributed by atoms with van der Waals surface area (Å²) in [5.74, 6) is 0. The molecule has 1 heterocycles. The maximum absolute atomic E-state index is 5.89. The van der Waals surface area contributed by atoms with Crippen LogP contribution in [-0.2, 0) is 0 Å². The van der Waals surface area contributed by atoms with E-state index in [4.69, 9.17) is 16.6 Å². The molecule has 1 aromatic carbocycles. The number of thioether (sulfide) groups is 1. The Bertz CT molecular complexity index is 552. The summed E-state index contributed by atoms with van der Waals surface area (Å²) < 4.78 is 0. The van der Waals surface area contributed by atoms with Crippen LogP contribution in [0.15, 0.2) is 64.5 Å². The van der Waals surface area contributed by atoms with E-state index in [1.54, 1.807) is 11.8 Å². The van der Waals surface area contributed by atoms with Crippen molar-refractivity contribution in [3.05, 3.63) is 70.1 Å². The highest BCUT2D eigenvalue weighted by molar-refractivity contribution is 8.04. The number of allylic oxidation sites excluding steroid dienone is 6. The summed E-state index contributed by atoms with van der Waals surface area (Å²) >= 11 is 7.67. The number of rotatable bonds is 1. The fourth-order valence-corrected chi connectivity index (χ4v) is 3.00. The van der Waals surface area contributed by atoms with E-state index in [2.05, 4.69) is 12.2 Å². The number of hydrogen-bond acceptors (Lipinski definition) is 2. The minimum absolute atomic E-state index is 0.157. The first-order valence-electron chi connectivity index (χ1n) is 5.38. The molecule has 0 fully saturated rings. The second-order valence-electron chi connectivity index (χ2n) is 3.81. The van der Waals surface area contributed by atoms with Crippen LogP contribution in [0.3, 0.4) is 0 Å². The maximum atomic E-state index is 5.89. The molecule has 0 spiro atoms. The average Bonchev–Trinajstić information content (AvgIpc) is 2.62. The molecule has 0 amide bonds. The predicted octanol–water partition coefficient (Wildman–Crippen LogP) is 4.54. The number of fused-ring (bicyclic) bond motifs is 1. The van der Waals surface area contributed by atoms with Crippen LogP contribution in [0.4, 0.5) is 0 Å². The quantitative estimate of drug-likeness (QED) is 0.721. The van der Waals surface area contributed by atoms with E-state index in [1.165, 1.54) is 10.5 Å². The van der Waals surface area contributed by atoms with Crippen LogP contribution >= 0.6 is 23.4 Å². The van der Waals surface area contributed by atoms with E-state index in [0.717, 1.165) is 10.7 Å². The van der Waals surface area contributed by atoms with Gasteiger partial charge in [-0.05, 0) is 29.8 Å². The second-order valence-corrected chi connectivity index (χ2v) is 5.37. The molecule has 0 N–H and O–H groups in total. The largest absolute Gasteiger partial charge is 0.265 e. The molecule has 0 saturated carbocycles. The van der Waals surface area contributed by atoms with E-state index in [1.807, 2.05) is 42.5 Å². The fraction of sp³-hybridized carbons (Fsp3) is 0.0714. The van der Waals surface area contributed by atoms with Crippen molar-refractivity contribution in [2.45, 2.75) is 5.37 Å². The molecule has 1 aliphatic carbocycles. The number of halogens is 1. The Hall–Kier alpha value is -1.25. The lowest BCUT2D eigenvalue weighted by atomic mass is 10.2. The van der Waals surface area contributed by atoms with E-state index in [0.29, 0.717) is 0 Å². The Kier molecular flexibility index (Phi) is 2.91. The van der Waals surface area contributed by atoms with Crippen molar-refractivity contribution < 1.29 is 0 Å². The standard InChI is InChI=1S/C14H10ClNS/c15-11-8-6-10(7-9-11)14-16-12-4-2-1-3-5-13(12)17-14/h1-9,14H. The summed E-state index contributed by atoms with van der Waals surface area (Å²) in [4.78, 5) is 5.94. The molecule has 1 unspecified atom stereocenters. The van der Waals surface area contributed by atoms with Crippen LogP contribution < -0.4 is 0 Å². The smallest absolute Gasteiger partial charge is 0.126 e. The molecule has 0 radical (unpaired) electrons. The SMILES string of the molecule is Clc1ccc(C2N=C3C=CC=CC=C3S2)cc1. The normalized spacial score (nSPS) is 21.8. The zero-order valence-electron chi connectivity index (χ0n) is 9.01. The van der Waals surface area contributed by atoms with Gasteiger partial charge in [0.25, 0.3) is 0 Å². The third kappa shape index (κ3) is 2.24. The summed E-state index contributed by atoms with van der Waals surface area (Å²) in [6, 6.07) is 7.90. The van der Waals surface area contributed by atoms with Gasteiger partial charge in [-0.1, -0.05) is 53.7 Å². The molecule has 3 heteroatoms. The van der Waals surface area contributed by atoms with Crippen LogP contribution in [0.1, 0.15) is 10.9 Å². The second kappa shape index (κ2) is 4.55. The average molecular weight is 260 g/mol. The van der Waals surface area contributed by atoms with E-state index in [-0.39, 0.29) is 5.37 Å². The van der Waals surface area contributed by atoms with Crippen molar-refractivity contribution >= 4 is 29.1 Å². The minimum Gasteiger partial charge on any atom is -0.265 e. The highest BCUT2D eigenvalue weighted by Crippen LogP contribution is 2.43. The number of nitrogens with zero attached hydrogens (tertiary/aromatic N) is 1. The van der Waals surface area contributed by atoms with Crippen LogP contribution in [0.2, 0.25) is 5.02 Å². The van der Waals surface area contributed by atoms with Crippen LogP contribution in [-0.4, -0.2) is 5.71 Å². The molecule has 84 valence electrons. The first kappa shape index (κ1) is 10.9. The first-order chi connectivity index (χ1) is 8.33. The monoisotopic (exact) mass is 259 g/mol. The minimum atomic E-state index is 0.157. The molecule has 2 aliphatic rings. The van der Waals surface area contributed by atoms with Gasteiger partial charge >= 0.3 is 0 Å². The van der Waals surface area contributed by atoms with Crippen molar-refractivity contribution in [1.82, 2.24) is 0 Å². The molecule has 0 aromatic heterocycles. The molecule has 1 aliphatic heterocycles. The lowest BCUT2D eigenvalue weighted by Crippen LogP contribution is -1.87. The van der Waals surface area contributed by atoms with E-state index in [9.17, 15) is 0 Å².